The topological polar surface area (TPSA) is 70.8 Å². The number of hydrogen-bond acceptors (Lipinski definition) is 7. The molecule has 0 spiro atoms. The fraction of sp³-hybridized carbons (Fsp3) is 0.655. The van der Waals surface area contributed by atoms with Gasteiger partial charge in [-0.1, -0.05) is 43.1 Å². The van der Waals surface area contributed by atoms with Gasteiger partial charge in [-0.25, -0.2) is 8.70 Å². The first-order chi connectivity index (χ1) is 18.6. The Labute approximate surface area is 228 Å². The number of amides is 1. The normalized spacial score (nSPS) is 32.3. The van der Waals surface area contributed by atoms with Gasteiger partial charge in [-0.05, 0) is 61.1 Å². The summed E-state index contributed by atoms with van der Waals surface area (Å²) in [6, 6.07) is 10.0. The third kappa shape index (κ3) is 5.40. The minimum Gasteiger partial charge on any atom is -0.380 e. The van der Waals surface area contributed by atoms with E-state index >= 15 is 0 Å². The average molecular weight is 543 g/mol. The Hall–Kier alpha value is -1.94. The van der Waals surface area contributed by atoms with Crippen molar-refractivity contribution in [1.82, 2.24) is 19.7 Å². The van der Waals surface area contributed by atoms with Crippen LogP contribution in [0.25, 0.3) is 0 Å². The minimum absolute atomic E-state index is 0.119. The standard InChI is InChI=1S/C27H33FN4O3S.C2H6/c28-18-3-1-16(2-4-18)10-31-11-22-23(12-31)24(22)15-36-32-20-5-6-21(32)8-19(7-20)29-27(33)25-9-26(35-30-25)17-13-34-14-17;1-2/h1-4,9,17,19-24H,5-8,10-15H2,(H,29,33);1-2H3. The third-order valence-corrected chi connectivity index (χ3v) is 10.4. The summed E-state index contributed by atoms with van der Waals surface area (Å²) < 4.78 is 26.4. The highest BCUT2D eigenvalue weighted by molar-refractivity contribution is 7.97. The number of halogens is 1. The van der Waals surface area contributed by atoms with Crippen LogP contribution < -0.4 is 5.32 Å². The minimum atomic E-state index is -0.163. The van der Waals surface area contributed by atoms with Crippen LogP contribution in [0.5, 0.6) is 0 Å². The van der Waals surface area contributed by atoms with Crippen LogP contribution in [-0.4, -0.2) is 70.5 Å². The number of carbonyl (C=O) groups is 1. The highest BCUT2D eigenvalue weighted by atomic mass is 32.2. The molecular weight excluding hydrogens is 503 g/mol. The molecule has 4 atom stereocenters. The number of hydrogen-bond donors (Lipinski definition) is 1. The maximum atomic E-state index is 13.2. The Morgan fingerprint density at radius 2 is 1.79 bits per heavy atom. The lowest BCUT2D eigenvalue weighted by molar-refractivity contribution is -0.00228. The van der Waals surface area contributed by atoms with Gasteiger partial charge in [-0.3, -0.25) is 9.69 Å². The Balaban J connectivity index is 0.00000129. The summed E-state index contributed by atoms with van der Waals surface area (Å²) in [5.74, 6) is 4.41. The van der Waals surface area contributed by atoms with Gasteiger partial charge in [0, 0.05) is 49.6 Å². The van der Waals surface area contributed by atoms with Crippen molar-refractivity contribution in [2.24, 2.45) is 17.8 Å². The molecule has 4 unspecified atom stereocenters. The first-order valence-electron chi connectivity index (χ1n) is 14.3. The van der Waals surface area contributed by atoms with Crippen LogP contribution >= 0.6 is 11.9 Å². The van der Waals surface area contributed by atoms with E-state index in [0.717, 1.165) is 42.9 Å². The van der Waals surface area contributed by atoms with Gasteiger partial charge in [0.25, 0.3) is 5.91 Å². The summed E-state index contributed by atoms with van der Waals surface area (Å²) in [5.41, 5.74) is 1.59. The second-order valence-corrected chi connectivity index (χ2v) is 12.4. The van der Waals surface area contributed by atoms with Crippen LogP contribution in [0.1, 0.15) is 67.3 Å². The van der Waals surface area contributed by atoms with Crippen LogP contribution in [-0.2, 0) is 11.3 Å². The van der Waals surface area contributed by atoms with E-state index in [1.165, 1.54) is 37.2 Å². The zero-order valence-electron chi connectivity index (χ0n) is 22.4. The second-order valence-electron chi connectivity index (χ2n) is 11.3. The van der Waals surface area contributed by atoms with Crippen molar-refractivity contribution >= 4 is 17.9 Å². The first kappa shape index (κ1) is 26.3. The van der Waals surface area contributed by atoms with E-state index in [9.17, 15) is 9.18 Å². The van der Waals surface area contributed by atoms with Crippen LogP contribution in [0, 0.1) is 23.6 Å². The molecular formula is C29H39FN4O3S. The number of fused-ring (bicyclic) bond motifs is 3. The maximum absolute atomic E-state index is 13.2. The molecule has 38 heavy (non-hydrogen) atoms. The first-order valence-corrected chi connectivity index (χ1v) is 15.3. The fourth-order valence-corrected chi connectivity index (χ4v) is 8.49. The molecule has 1 amide bonds. The van der Waals surface area contributed by atoms with E-state index in [4.69, 9.17) is 9.26 Å². The molecule has 5 aliphatic rings. The predicted octanol–water partition coefficient (Wildman–Crippen LogP) is 4.71. The number of benzene rings is 1. The predicted molar refractivity (Wildman–Crippen MR) is 145 cm³/mol. The molecule has 5 heterocycles. The van der Waals surface area contributed by atoms with Crippen molar-refractivity contribution < 1.29 is 18.4 Å². The van der Waals surface area contributed by atoms with Gasteiger partial charge in [0.05, 0.1) is 19.1 Å². The van der Waals surface area contributed by atoms with Crippen molar-refractivity contribution in [3.8, 4) is 0 Å². The molecule has 1 aromatic heterocycles. The second kappa shape index (κ2) is 11.3. The van der Waals surface area contributed by atoms with Crippen molar-refractivity contribution in [3.05, 3.63) is 53.2 Å². The zero-order chi connectivity index (χ0) is 26.2. The molecule has 1 saturated carbocycles. The average Bonchev–Trinajstić information content (AvgIpc) is 3.24. The van der Waals surface area contributed by atoms with Crippen LogP contribution in [0.4, 0.5) is 4.39 Å². The lowest BCUT2D eigenvalue weighted by Gasteiger charge is -2.38. The summed E-state index contributed by atoms with van der Waals surface area (Å²) >= 11 is 2.06. The lowest BCUT2D eigenvalue weighted by atomic mass is 9.99. The molecule has 206 valence electrons. The highest BCUT2D eigenvalue weighted by Gasteiger charge is 2.55. The van der Waals surface area contributed by atoms with Crippen molar-refractivity contribution in [2.45, 2.75) is 70.1 Å². The summed E-state index contributed by atoms with van der Waals surface area (Å²) in [7, 11) is 0. The maximum Gasteiger partial charge on any atom is 0.273 e. The summed E-state index contributed by atoms with van der Waals surface area (Å²) in [4.78, 5) is 15.3. The van der Waals surface area contributed by atoms with E-state index in [1.807, 2.05) is 26.0 Å². The molecule has 2 aromatic rings. The number of nitrogens with zero attached hydrogens (tertiary/aromatic N) is 3. The molecule has 9 heteroatoms. The SMILES string of the molecule is CC.O=C(NC1CC2CCC(C1)N2SCC1C2CN(Cc3ccc(F)cc3)CC12)c1cc(C2COC2)on1. The van der Waals surface area contributed by atoms with Crippen LogP contribution in [0.3, 0.4) is 0 Å². The largest absolute Gasteiger partial charge is 0.380 e. The van der Waals surface area contributed by atoms with Gasteiger partial charge >= 0.3 is 0 Å². The van der Waals surface area contributed by atoms with E-state index in [-0.39, 0.29) is 23.7 Å². The van der Waals surface area contributed by atoms with E-state index < -0.39 is 0 Å². The van der Waals surface area contributed by atoms with Crippen molar-refractivity contribution in [1.29, 1.82) is 0 Å². The number of rotatable bonds is 8. The lowest BCUT2D eigenvalue weighted by Crippen LogP contribution is -2.48. The van der Waals surface area contributed by atoms with Gasteiger partial charge in [0.15, 0.2) is 5.69 Å². The summed E-state index contributed by atoms with van der Waals surface area (Å²) in [6.45, 7) is 8.57. The molecule has 1 aromatic carbocycles. The Morgan fingerprint density at radius 3 is 2.42 bits per heavy atom. The molecule has 4 aliphatic heterocycles. The zero-order valence-corrected chi connectivity index (χ0v) is 23.2. The van der Waals surface area contributed by atoms with Crippen molar-refractivity contribution in [3.63, 3.8) is 0 Å². The number of carbonyl (C=O) groups excluding carboxylic acids is 1. The smallest absolute Gasteiger partial charge is 0.273 e. The number of nitrogens with one attached hydrogen (secondary N) is 1. The van der Waals surface area contributed by atoms with Gasteiger partial charge in [-0.2, -0.15) is 0 Å². The summed E-state index contributed by atoms with van der Waals surface area (Å²) in [5, 5.41) is 7.22. The number of piperidine rings is 2. The molecule has 2 bridgehead atoms. The van der Waals surface area contributed by atoms with Gasteiger partial charge < -0.3 is 14.6 Å². The molecule has 1 aliphatic carbocycles. The Bertz CT molecular complexity index is 1080. The number of likely N-dealkylation sites (tertiary alicyclic amines) is 1. The Morgan fingerprint density at radius 1 is 1.11 bits per heavy atom. The fourth-order valence-electron chi connectivity index (χ4n) is 6.84. The summed E-state index contributed by atoms with van der Waals surface area (Å²) in [6.07, 6.45) is 4.48. The van der Waals surface area contributed by atoms with Gasteiger partial charge in [0.2, 0.25) is 0 Å². The molecule has 7 rings (SSSR count). The highest BCUT2D eigenvalue weighted by Crippen LogP contribution is 2.54. The van der Waals surface area contributed by atoms with Crippen LogP contribution in [0.15, 0.2) is 34.9 Å². The molecule has 4 saturated heterocycles. The molecule has 5 fully saturated rings. The van der Waals surface area contributed by atoms with E-state index in [0.29, 0.717) is 31.0 Å². The molecule has 0 radical (unpaired) electrons. The molecule has 1 N–H and O–H groups in total. The van der Waals surface area contributed by atoms with E-state index in [2.05, 4.69) is 31.6 Å². The number of ether oxygens (including phenoxy) is 1. The monoisotopic (exact) mass is 542 g/mol. The van der Waals surface area contributed by atoms with Crippen LogP contribution in [0.2, 0.25) is 0 Å². The number of aromatic nitrogens is 1. The van der Waals surface area contributed by atoms with Gasteiger partial charge in [0.1, 0.15) is 11.6 Å². The quantitative estimate of drug-likeness (QED) is 0.485. The van der Waals surface area contributed by atoms with E-state index in [1.54, 1.807) is 18.2 Å². The molecule has 7 nitrogen and oxygen atoms in total. The Kier molecular flexibility index (Phi) is 7.80. The third-order valence-electron chi connectivity index (χ3n) is 8.99. The van der Waals surface area contributed by atoms with Crippen molar-refractivity contribution in [2.75, 3.05) is 32.1 Å². The van der Waals surface area contributed by atoms with Gasteiger partial charge in [-0.15, -0.1) is 0 Å².